The zero-order valence-electron chi connectivity index (χ0n) is 10.0. The Morgan fingerprint density at radius 3 is 2.56 bits per heavy atom. The first-order valence-corrected chi connectivity index (χ1v) is 5.64. The molecule has 0 aliphatic carbocycles. The van der Waals surface area contributed by atoms with Crippen LogP contribution in [0.15, 0.2) is 0 Å². The average Bonchev–Trinajstić information content (AvgIpc) is 2.74. The maximum atomic E-state index is 11.8. The highest BCUT2D eigenvalue weighted by Gasteiger charge is 2.47. The topological polar surface area (TPSA) is 56.8 Å². The number of esters is 1. The van der Waals surface area contributed by atoms with Crippen molar-refractivity contribution in [3.63, 3.8) is 0 Å². The lowest BCUT2D eigenvalue weighted by Gasteiger charge is -2.23. The van der Waals surface area contributed by atoms with Gasteiger partial charge in [0.1, 0.15) is 11.6 Å². The van der Waals surface area contributed by atoms with Crippen molar-refractivity contribution >= 4 is 5.97 Å². The molecule has 2 aliphatic rings. The van der Waals surface area contributed by atoms with Crippen LogP contribution in [0.5, 0.6) is 0 Å². The molecule has 0 bridgehead atoms. The molecule has 0 aromatic heterocycles. The third-order valence-corrected chi connectivity index (χ3v) is 2.64. The van der Waals surface area contributed by atoms with Crippen molar-refractivity contribution in [3.05, 3.63) is 0 Å². The van der Waals surface area contributed by atoms with E-state index in [0.717, 1.165) is 0 Å². The highest BCUT2D eigenvalue weighted by atomic mass is 16.7. The first-order chi connectivity index (χ1) is 7.40. The summed E-state index contributed by atoms with van der Waals surface area (Å²) in [6.45, 7) is 7.33. The second-order valence-corrected chi connectivity index (χ2v) is 5.28. The van der Waals surface area contributed by atoms with E-state index in [0.29, 0.717) is 26.2 Å². The summed E-state index contributed by atoms with van der Waals surface area (Å²) in [5.41, 5.74) is -0.452. The minimum absolute atomic E-state index is 0.233. The van der Waals surface area contributed by atoms with Gasteiger partial charge in [-0.1, -0.05) is 0 Å². The van der Waals surface area contributed by atoms with Gasteiger partial charge in [0.25, 0.3) is 0 Å². The number of rotatable bonds is 1. The lowest BCUT2D eigenvalue weighted by atomic mass is 10.1. The SMILES string of the molecule is CC(C)(C)OC(=O)[C@H]1CC2(CN1)OCCO2. The molecule has 0 saturated carbocycles. The Morgan fingerprint density at radius 1 is 1.38 bits per heavy atom. The van der Waals surface area contributed by atoms with E-state index in [-0.39, 0.29) is 12.0 Å². The molecule has 5 heteroatoms. The molecule has 2 fully saturated rings. The lowest BCUT2D eigenvalue weighted by Crippen LogP contribution is -2.37. The molecule has 0 amide bonds. The van der Waals surface area contributed by atoms with Crippen LogP contribution in [0.1, 0.15) is 27.2 Å². The van der Waals surface area contributed by atoms with Crippen LogP contribution in [0.4, 0.5) is 0 Å². The number of carbonyl (C=O) groups excluding carboxylic acids is 1. The molecular formula is C11H19NO4. The van der Waals surface area contributed by atoms with Crippen LogP contribution in [-0.2, 0) is 19.0 Å². The molecule has 0 aromatic rings. The number of hydrogen-bond donors (Lipinski definition) is 1. The quantitative estimate of drug-likeness (QED) is 0.661. The Bertz CT molecular complexity index is 278. The van der Waals surface area contributed by atoms with Gasteiger partial charge in [-0.3, -0.25) is 10.1 Å². The molecule has 0 aromatic carbocycles. The molecule has 5 nitrogen and oxygen atoms in total. The van der Waals surface area contributed by atoms with Crippen molar-refractivity contribution in [2.75, 3.05) is 19.8 Å². The Labute approximate surface area is 95.4 Å². The molecule has 2 saturated heterocycles. The normalized spacial score (nSPS) is 28.6. The first kappa shape index (κ1) is 11.8. The second-order valence-electron chi connectivity index (χ2n) is 5.28. The summed E-state index contributed by atoms with van der Waals surface area (Å²) in [4.78, 5) is 11.8. The Hall–Kier alpha value is -0.650. The van der Waals surface area contributed by atoms with Gasteiger partial charge < -0.3 is 14.2 Å². The van der Waals surface area contributed by atoms with Crippen LogP contribution in [-0.4, -0.2) is 43.2 Å². The van der Waals surface area contributed by atoms with Crippen molar-refractivity contribution < 1.29 is 19.0 Å². The number of ether oxygens (including phenoxy) is 3. The zero-order chi connectivity index (χ0) is 11.8. The summed E-state index contributed by atoms with van der Waals surface area (Å²) >= 11 is 0. The monoisotopic (exact) mass is 229 g/mol. The van der Waals surface area contributed by atoms with Gasteiger partial charge in [-0.2, -0.15) is 0 Å². The Morgan fingerprint density at radius 2 is 2.00 bits per heavy atom. The fourth-order valence-corrected chi connectivity index (χ4v) is 1.99. The van der Waals surface area contributed by atoms with E-state index in [9.17, 15) is 4.79 Å². The van der Waals surface area contributed by atoms with Crippen LogP contribution < -0.4 is 5.32 Å². The van der Waals surface area contributed by atoms with Crippen LogP contribution in [0.3, 0.4) is 0 Å². The number of hydrogen-bond acceptors (Lipinski definition) is 5. The van der Waals surface area contributed by atoms with Crippen molar-refractivity contribution in [1.29, 1.82) is 0 Å². The van der Waals surface area contributed by atoms with Gasteiger partial charge in [0, 0.05) is 6.42 Å². The van der Waals surface area contributed by atoms with E-state index in [1.807, 2.05) is 20.8 Å². The molecule has 2 heterocycles. The zero-order valence-corrected chi connectivity index (χ0v) is 10.0. The van der Waals surface area contributed by atoms with E-state index in [1.165, 1.54) is 0 Å². The third kappa shape index (κ3) is 2.53. The maximum absolute atomic E-state index is 11.8. The minimum Gasteiger partial charge on any atom is -0.459 e. The maximum Gasteiger partial charge on any atom is 0.323 e. The number of nitrogens with one attached hydrogen (secondary N) is 1. The van der Waals surface area contributed by atoms with Crippen molar-refractivity contribution in [1.82, 2.24) is 5.32 Å². The molecular weight excluding hydrogens is 210 g/mol. The van der Waals surface area contributed by atoms with E-state index in [4.69, 9.17) is 14.2 Å². The van der Waals surface area contributed by atoms with E-state index >= 15 is 0 Å². The Balaban J connectivity index is 1.91. The van der Waals surface area contributed by atoms with Crippen molar-refractivity contribution in [3.8, 4) is 0 Å². The van der Waals surface area contributed by atoms with Gasteiger partial charge in [0.2, 0.25) is 0 Å². The van der Waals surface area contributed by atoms with E-state index in [1.54, 1.807) is 0 Å². The predicted octanol–water partition coefficient (Wildman–Crippen LogP) is 0.433. The minimum atomic E-state index is -0.596. The van der Waals surface area contributed by atoms with Crippen LogP contribution >= 0.6 is 0 Å². The van der Waals surface area contributed by atoms with Gasteiger partial charge in [0.15, 0.2) is 5.79 Å². The van der Waals surface area contributed by atoms with Crippen molar-refractivity contribution in [2.45, 2.75) is 44.6 Å². The molecule has 1 N–H and O–H groups in total. The first-order valence-electron chi connectivity index (χ1n) is 5.64. The molecule has 0 radical (unpaired) electrons. The summed E-state index contributed by atoms with van der Waals surface area (Å²) in [7, 11) is 0. The fraction of sp³-hybridized carbons (Fsp3) is 0.909. The predicted molar refractivity (Wildman–Crippen MR) is 56.9 cm³/mol. The highest BCUT2D eigenvalue weighted by Crippen LogP contribution is 2.29. The van der Waals surface area contributed by atoms with Gasteiger partial charge in [-0.15, -0.1) is 0 Å². The van der Waals surface area contributed by atoms with Gasteiger partial charge >= 0.3 is 5.97 Å². The van der Waals surface area contributed by atoms with Crippen LogP contribution in [0.2, 0.25) is 0 Å². The fourth-order valence-electron chi connectivity index (χ4n) is 1.99. The summed E-state index contributed by atoms with van der Waals surface area (Å²) in [5.74, 6) is -0.829. The smallest absolute Gasteiger partial charge is 0.323 e. The molecule has 2 aliphatic heterocycles. The van der Waals surface area contributed by atoms with Crippen LogP contribution in [0, 0.1) is 0 Å². The lowest BCUT2D eigenvalue weighted by molar-refractivity contribution is -0.162. The summed E-state index contributed by atoms with van der Waals surface area (Å²) in [6.07, 6.45) is 0.530. The number of carbonyl (C=O) groups is 1. The largest absolute Gasteiger partial charge is 0.459 e. The van der Waals surface area contributed by atoms with E-state index < -0.39 is 11.4 Å². The molecule has 92 valence electrons. The molecule has 0 unspecified atom stereocenters. The van der Waals surface area contributed by atoms with Crippen molar-refractivity contribution in [2.24, 2.45) is 0 Å². The van der Waals surface area contributed by atoms with Crippen LogP contribution in [0.25, 0.3) is 0 Å². The molecule has 16 heavy (non-hydrogen) atoms. The molecule has 1 spiro atoms. The average molecular weight is 229 g/mol. The third-order valence-electron chi connectivity index (χ3n) is 2.64. The molecule has 1 atom stereocenters. The summed E-state index contributed by atoms with van der Waals surface area (Å²) in [5, 5.41) is 3.09. The van der Waals surface area contributed by atoms with E-state index in [2.05, 4.69) is 5.32 Å². The van der Waals surface area contributed by atoms with Gasteiger partial charge in [-0.25, -0.2) is 0 Å². The molecule has 2 rings (SSSR count). The van der Waals surface area contributed by atoms with Gasteiger partial charge in [-0.05, 0) is 20.8 Å². The summed E-state index contributed by atoms with van der Waals surface area (Å²) in [6, 6.07) is -0.322. The highest BCUT2D eigenvalue weighted by molar-refractivity contribution is 5.76. The summed E-state index contributed by atoms with van der Waals surface area (Å²) < 4.78 is 16.4. The standard InChI is InChI=1S/C11H19NO4/c1-10(2,3)16-9(13)8-6-11(7-12-8)14-4-5-15-11/h8,12H,4-7H2,1-3H3/t8-/m1/s1. The second kappa shape index (κ2) is 3.98. The Kier molecular flexibility index (Phi) is 2.94. The van der Waals surface area contributed by atoms with Gasteiger partial charge in [0.05, 0.1) is 19.8 Å².